The maximum absolute atomic E-state index is 12.3. The van der Waals surface area contributed by atoms with E-state index < -0.39 is 6.03 Å². The fourth-order valence-electron chi connectivity index (χ4n) is 3.91. The Bertz CT molecular complexity index is 1300. The second kappa shape index (κ2) is 13.2. The van der Waals surface area contributed by atoms with Gasteiger partial charge in [0, 0.05) is 47.9 Å². The number of benzene rings is 2. The highest BCUT2D eigenvalue weighted by molar-refractivity contribution is 5.99. The molecule has 0 unspecified atom stereocenters. The first-order chi connectivity index (χ1) is 18.8. The van der Waals surface area contributed by atoms with Crippen LogP contribution < -0.4 is 20.1 Å². The quantitative estimate of drug-likeness (QED) is 0.307. The second-order valence-electron chi connectivity index (χ2n) is 10.3. The normalized spacial score (nSPS) is 13.7. The first-order valence-corrected chi connectivity index (χ1v) is 13.1. The smallest absolute Gasteiger partial charge is 0.324 e. The van der Waals surface area contributed by atoms with Crippen molar-refractivity contribution in [1.29, 1.82) is 0 Å². The van der Waals surface area contributed by atoms with Crippen molar-refractivity contribution in [2.45, 2.75) is 32.6 Å². The number of hydrogen-bond acceptors (Lipinski definition) is 7. The van der Waals surface area contributed by atoms with Crippen LogP contribution in [0.1, 0.15) is 44.1 Å². The average Bonchev–Trinajstić information content (AvgIpc) is 3.41. The molecule has 1 fully saturated rings. The van der Waals surface area contributed by atoms with Crippen LogP contribution >= 0.6 is 0 Å². The maximum Gasteiger partial charge on any atom is 0.324 e. The number of nitrogens with zero attached hydrogens (tertiary/aromatic N) is 2. The number of anilines is 2. The minimum Gasteiger partial charge on any atom is -0.493 e. The van der Waals surface area contributed by atoms with Crippen LogP contribution in [0.2, 0.25) is 0 Å². The summed E-state index contributed by atoms with van der Waals surface area (Å²) in [6, 6.07) is 14.3. The maximum atomic E-state index is 12.3. The Balaban J connectivity index is 1.27. The van der Waals surface area contributed by atoms with Crippen molar-refractivity contribution in [3.63, 3.8) is 0 Å². The summed E-state index contributed by atoms with van der Waals surface area (Å²) < 4.78 is 22.2. The third-order valence-corrected chi connectivity index (χ3v) is 6.13. The van der Waals surface area contributed by atoms with Crippen LogP contribution in [0.3, 0.4) is 0 Å². The Morgan fingerprint density at radius 3 is 2.41 bits per heavy atom. The zero-order valence-corrected chi connectivity index (χ0v) is 23.0. The van der Waals surface area contributed by atoms with Crippen LogP contribution in [0, 0.1) is 11.8 Å². The largest absolute Gasteiger partial charge is 0.493 e. The molecular formula is C30H36N4O5. The number of aromatic nitrogens is 1. The Hall–Kier alpha value is -4.00. The summed E-state index contributed by atoms with van der Waals surface area (Å²) in [5.41, 5.74) is 2.07. The molecular weight excluding hydrogens is 496 g/mol. The zero-order chi connectivity index (χ0) is 27.7. The van der Waals surface area contributed by atoms with E-state index in [-0.39, 0.29) is 5.41 Å². The number of carbonyl (C=O) groups excluding carboxylic acids is 1. The van der Waals surface area contributed by atoms with Gasteiger partial charge in [-0.05, 0) is 48.9 Å². The summed E-state index contributed by atoms with van der Waals surface area (Å²) in [5, 5.41) is 9.36. The molecule has 1 aliphatic rings. The first-order valence-electron chi connectivity index (χ1n) is 13.1. The summed E-state index contributed by atoms with van der Waals surface area (Å²) in [4.78, 5) is 14.7. The molecule has 0 aliphatic carbocycles. The molecule has 1 aliphatic heterocycles. The number of methoxy groups -OCH3 is 1. The number of carbonyl (C=O) groups is 1. The number of morpholine rings is 1. The number of nitrogens with one attached hydrogen (secondary N) is 2. The monoisotopic (exact) mass is 532 g/mol. The SMILES string of the molecule is COc1cc(C#Cc2ccc(NC(=O)Nc3cc(C(C)(C)C)on3)cc2)ccc1OCCCN1CCOCC1. The van der Waals surface area contributed by atoms with Gasteiger partial charge in [-0.2, -0.15) is 0 Å². The topological polar surface area (TPSA) is 98.1 Å². The molecule has 0 atom stereocenters. The van der Waals surface area contributed by atoms with Gasteiger partial charge in [0.15, 0.2) is 17.3 Å². The average molecular weight is 533 g/mol. The number of amides is 2. The van der Waals surface area contributed by atoms with Crippen LogP contribution in [-0.2, 0) is 10.2 Å². The predicted molar refractivity (Wildman–Crippen MR) is 151 cm³/mol. The van der Waals surface area contributed by atoms with Crippen LogP contribution in [0.15, 0.2) is 53.1 Å². The summed E-state index contributed by atoms with van der Waals surface area (Å²) in [7, 11) is 1.63. The van der Waals surface area contributed by atoms with Crippen molar-refractivity contribution in [2.75, 3.05) is 57.2 Å². The van der Waals surface area contributed by atoms with Gasteiger partial charge in [-0.1, -0.05) is 37.8 Å². The molecule has 0 spiro atoms. The molecule has 1 saturated heterocycles. The lowest BCUT2D eigenvalue weighted by atomic mass is 9.93. The van der Waals surface area contributed by atoms with Crippen LogP contribution in [0.25, 0.3) is 0 Å². The fraction of sp³-hybridized carbons (Fsp3) is 0.400. The molecule has 3 aromatic rings. The van der Waals surface area contributed by atoms with Gasteiger partial charge in [-0.3, -0.25) is 10.2 Å². The Labute approximate surface area is 229 Å². The Morgan fingerprint density at radius 2 is 1.72 bits per heavy atom. The third kappa shape index (κ3) is 8.50. The molecule has 4 rings (SSSR count). The molecule has 206 valence electrons. The standard InChI is InChI=1S/C30H36N4O5/c1-30(2,3)27-21-28(33-39-27)32-29(35)31-24-11-8-22(9-12-24)6-7-23-10-13-25(26(20-23)36-4)38-17-5-14-34-15-18-37-19-16-34/h8-13,20-21H,5,14-19H2,1-4H3,(H2,31,32,33,35). The number of urea groups is 1. The highest BCUT2D eigenvalue weighted by Gasteiger charge is 2.20. The van der Waals surface area contributed by atoms with E-state index >= 15 is 0 Å². The molecule has 39 heavy (non-hydrogen) atoms. The highest BCUT2D eigenvalue weighted by Crippen LogP contribution is 2.28. The summed E-state index contributed by atoms with van der Waals surface area (Å²) >= 11 is 0. The van der Waals surface area contributed by atoms with Gasteiger partial charge < -0.3 is 24.1 Å². The van der Waals surface area contributed by atoms with Crippen molar-refractivity contribution in [3.8, 4) is 23.3 Å². The fourth-order valence-corrected chi connectivity index (χ4v) is 3.91. The molecule has 9 nitrogen and oxygen atoms in total. The third-order valence-electron chi connectivity index (χ3n) is 6.13. The minimum absolute atomic E-state index is 0.190. The minimum atomic E-state index is -0.405. The van der Waals surface area contributed by atoms with Crippen molar-refractivity contribution >= 4 is 17.5 Å². The van der Waals surface area contributed by atoms with E-state index in [9.17, 15) is 4.79 Å². The zero-order valence-electron chi connectivity index (χ0n) is 23.0. The molecule has 0 saturated carbocycles. The van der Waals surface area contributed by atoms with E-state index in [0.717, 1.165) is 50.4 Å². The van der Waals surface area contributed by atoms with E-state index in [0.29, 0.717) is 35.4 Å². The molecule has 1 aromatic heterocycles. The van der Waals surface area contributed by atoms with Gasteiger partial charge >= 0.3 is 6.03 Å². The number of rotatable bonds is 8. The molecule has 9 heteroatoms. The molecule has 0 radical (unpaired) electrons. The van der Waals surface area contributed by atoms with Crippen LogP contribution in [0.4, 0.5) is 16.3 Å². The van der Waals surface area contributed by atoms with Gasteiger partial charge in [0.05, 0.1) is 26.9 Å². The van der Waals surface area contributed by atoms with Crippen molar-refractivity contribution in [2.24, 2.45) is 0 Å². The highest BCUT2D eigenvalue weighted by atomic mass is 16.5. The van der Waals surface area contributed by atoms with Gasteiger partial charge in [0.25, 0.3) is 0 Å². The summed E-state index contributed by atoms with van der Waals surface area (Å²) in [6.45, 7) is 11.2. The molecule has 2 N–H and O–H groups in total. The van der Waals surface area contributed by atoms with E-state index in [1.54, 1.807) is 25.3 Å². The van der Waals surface area contributed by atoms with Gasteiger partial charge in [-0.15, -0.1) is 0 Å². The number of ether oxygens (including phenoxy) is 3. The van der Waals surface area contributed by atoms with E-state index in [4.69, 9.17) is 18.7 Å². The first kappa shape index (κ1) is 28.0. The molecule has 0 bridgehead atoms. The Morgan fingerprint density at radius 1 is 1.00 bits per heavy atom. The predicted octanol–water partition coefficient (Wildman–Crippen LogP) is 5.13. The van der Waals surface area contributed by atoms with Crippen molar-refractivity contribution in [3.05, 3.63) is 65.4 Å². The second-order valence-corrected chi connectivity index (χ2v) is 10.3. The van der Waals surface area contributed by atoms with Gasteiger partial charge in [0.2, 0.25) is 0 Å². The van der Waals surface area contributed by atoms with Gasteiger partial charge in [-0.25, -0.2) is 4.79 Å². The van der Waals surface area contributed by atoms with Gasteiger partial charge in [0.1, 0.15) is 5.76 Å². The summed E-state index contributed by atoms with van der Waals surface area (Å²) in [5.74, 6) is 8.72. The Kier molecular flexibility index (Phi) is 9.47. The molecule has 2 aromatic carbocycles. The lowest BCUT2D eigenvalue weighted by molar-refractivity contribution is 0.0357. The van der Waals surface area contributed by atoms with Crippen LogP contribution in [0.5, 0.6) is 11.5 Å². The van der Waals surface area contributed by atoms with E-state index in [1.807, 2.05) is 51.1 Å². The molecule has 2 amide bonds. The molecule has 2 heterocycles. The van der Waals surface area contributed by atoms with E-state index in [1.165, 1.54) is 0 Å². The summed E-state index contributed by atoms with van der Waals surface area (Å²) in [6.07, 6.45) is 0.940. The van der Waals surface area contributed by atoms with E-state index in [2.05, 4.69) is 32.5 Å². The van der Waals surface area contributed by atoms with Crippen molar-refractivity contribution in [1.82, 2.24) is 10.1 Å². The van der Waals surface area contributed by atoms with Crippen LogP contribution in [-0.4, -0.2) is 62.7 Å². The lowest BCUT2D eigenvalue weighted by Gasteiger charge is -2.26. The number of hydrogen-bond donors (Lipinski definition) is 2. The van der Waals surface area contributed by atoms with Crippen molar-refractivity contribution < 1.29 is 23.5 Å². The lowest BCUT2D eigenvalue weighted by Crippen LogP contribution is -2.37.